The Balaban J connectivity index is 2.29. The predicted molar refractivity (Wildman–Crippen MR) is 69.1 cm³/mol. The second kappa shape index (κ2) is 6.71. The maximum atomic E-state index is 11.1. The molecular formula is C12H25NO3S. The molecule has 0 bridgehead atoms. The average Bonchev–Trinajstić information content (AvgIpc) is 2.67. The largest absolute Gasteiger partial charge is 0.381 e. The first-order valence-corrected chi connectivity index (χ1v) is 8.18. The smallest absolute Gasteiger partial charge is 0.209 e. The number of nitrogens with two attached hydrogens (primary N) is 1. The number of hydrogen-bond donors (Lipinski definition) is 1. The van der Waals surface area contributed by atoms with Crippen LogP contribution in [0.3, 0.4) is 0 Å². The van der Waals surface area contributed by atoms with E-state index in [1.54, 1.807) is 0 Å². The second-order valence-corrected chi connectivity index (χ2v) is 7.18. The Bertz CT molecular complexity index is 308. The summed E-state index contributed by atoms with van der Waals surface area (Å²) in [6.07, 6.45) is 5.11. The minimum absolute atomic E-state index is 0.00593. The van der Waals surface area contributed by atoms with Gasteiger partial charge in [0.2, 0.25) is 10.0 Å². The Morgan fingerprint density at radius 2 is 1.88 bits per heavy atom. The van der Waals surface area contributed by atoms with E-state index in [-0.39, 0.29) is 17.6 Å². The monoisotopic (exact) mass is 263 g/mol. The van der Waals surface area contributed by atoms with Gasteiger partial charge in [-0.25, -0.2) is 13.6 Å². The minimum atomic E-state index is -3.40. The van der Waals surface area contributed by atoms with Gasteiger partial charge in [-0.15, -0.1) is 0 Å². The third kappa shape index (κ3) is 6.38. The molecule has 0 aliphatic heterocycles. The molecule has 0 radical (unpaired) electrons. The van der Waals surface area contributed by atoms with Crippen molar-refractivity contribution in [1.82, 2.24) is 0 Å². The van der Waals surface area contributed by atoms with E-state index in [0.29, 0.717) is 12.5 Å². The van der Waals surface area contributed by atoms with E-state index in [4.69, 9.17) is 9.88 Å². The highest BCUT2D eigenvalue weighted by Crippen LogP contribution is 2.25. The molecule has 2 N–H and O–H groups in total. The summed E-state index contributed by atoms with van der Waals surface area (Å²) in [5.74, 6) is 0.982. The zero-order valence-corrected chi connectivity index (χ0v) is 11.7. The quantitative estimate of drug-likeness (QED) is 0.761. The molecule has 1 fully saturated rings. The van der Waals surface area contributed by atoms with Crippen molar-refractivity contribution in [3.8, 4) is 0 Å². The zero-order valence-electron chi connectivity index (χ0n) is 10.9. The molecule has 1 aliphatic rings. The summed E-state index contributed by atoms with van der Waals surface area (Å²) in [5, 5.41) is 5.08. The van der Waals surface area contributed by atoms with Crippen LogP contribution >= 0.6 is 0 Å². The summed E-state index contributed by atoms with van der Waals surface area (Å²) in [4.78, 5) is 0. The lowest BCUT2D eigenvalue weighted by molar-refractivity contribution is 0.0660. The van der Waals surface area contributed by atoms with Gasteiger partial charge in [0.1, 0.15) is 0 Å². The molecule has 102 valence electrons. The second-order valence-electron chi connectivity index (χ2n) is 5.52. The van der Waals surface area contributed by atoms with E-state index in [0.717, 1.165) is 6.61 Å². The van der Waals surface area contributed by atoms with Crippen LogP contribution in [0.15, 0.2) is 0 Å². The normalized spacial score (nSPS) is 20.0. The molecule has 1 rings (SSSR count). The molecule has 5 heteroatoms. The van der Waals surface area contributed by atoms with Gasteiger partial charge in [0.05, 0.1) is 12.4 Å². The number of primary sulfonamides is 1. The van der Waals surface area contributed by atoms with E-state index < -0.39 is 10.0 Å². The van der Waals surface area contributed by atoms with Gasteiger partial charge < -0.3 is 4.74 Å². The van der Waals surface area contributed by atoms with E-state index in [1.165, 1.54) is 25.7 Å². The molecule has 1 saturated carbocycles. The molecule has 1 atom stereocenters. The van der Waals surface area contributed by atoms with Crippen LogP contribution in [0.5, 0.6) is 0 Å². The van der Waals surface area contributed by atoms with Crippen molar-refractivity contribution in [2.75, 3.05) is 19.0 Å². The lowest BCUT2D eigenvalue weighted by Gasteiger charge is -2.20. The minimum Gasteiger partial charge on any atom is -0.381 e. The fraction of sp³-hybridized carbons (Fsp3) is 1.00. The predicted octanol–water partition coefficient (Wildman–Crippen LogP) is 1.75. The average molecular weight is 263 g/mol. The van der Waals surface area contributed by atoms with Crippen molar-refractivity contribution in [3.05, 3.63) is 0 Å². The molecule has 1 unspecified atom stereocenters. The highest BCUT2D eigenvalue weighted by Gasteiger charge is 2.21. The van der Waals surface area contributed by atoms with E-state index in [9.17, 15) is 8.42 Å². The Morgan fingerprint density at radius 3 is 2.35 bits per heavy atom. The van der Waals surface area contributed by atoms with Crippen LogP contribution in [-0.2, 0) is 14.8 Å². The fourth-order valence-corrected chi connectivity index (χ4v) is 3.37. The van der Waals surface area contributed by atoms with E-state index >= 15 is 0 Å². The molecule has 0 aromatic rings. The Morgan fingerprint density at radius 1 is 1.29 bits per heavy atom. The van der Waals surface area contributed by atoms with Crippen molar-refractivity contribution in [2.45, 2.75) is 39.5 Å². The number of sulfonamides is 1. The lowest BCUT2D eigenvalue weighted by Crippen LogP contribution is -2.29. The first-order valence-electron chi connectivity index (χ1n) is 6.46. The number of hydrogen-bond acceptors (Lipinski definition) is 3. The molecule has 4 nitrogen and oxygen atoms in total. The Labute approximate surface area is 105 Å². The standard InChI is InChI=1S/C12H25NO3S/c1-10(2)12(9-17(13,14)15)8-16-7-11-5-3-4-6-11/h10-12H,3-9H2,1-2H3,(H2,13,14,15). The van der Waals surface area contributed by atoms with Gasteiger partial charge in [-0.2, -0.15) is 0 Å². The van der Waals surface area contributed by atoms with Gasteiger partial charge in [-0.05, 0) is 30.6 Å². The van der Waals surface area contributed by atoms with Gasteiger partial charge in [0, 0.05) is 6.61 Å². The van der Waals surface area contributed by atoms with Crippen LogP contribution in [0.25, 0.3) is 0 Å². The molecule has 0 heterocycles. The van der Waals surface area contributed by atoms with Crippen LogP contribution in [0.1, 0.15) is 39.5 Å². The SMILES string of the molecule is CC(C)C(COCC1CCCC1)CS(N)(=O)=O. The summed E-state index contributed by atoms with van der Waals surface area (Å²) in [7, 11) is -3.40. The van der Waals surface area contributed by atoms with Crippen LogP contribution in [0.4, 0.5) is 0 Å². The molecule has 17 heavy (non-hydrogen) atoms. The lowest BCUT2D eigenvalue weighted by atomic mass is 9.99. The maximum absolute atomic E-state index is 11.1. The molecular weight excluding hydrogens is 238 g/mol. The van der Waals surface area contributed by atoms with Crippen molar-refractivity contribution < 1.29 is 13.2 Å². The van der Waals surface area contributed by atoms with Crippen molar-refractivity contribution in [2.24, 2.45) is 22.9 Å². The van der Waals surface area contributed by atoms with Crippen LogP contribution < -0.4 is 5.14 Å². The summed E-state index contributed by atoms with van der Waals surface area (Å²) in [6.45, 7) is 5.29. The highest BCUT2D eigenvalue weighted by molar-refractivity contribution is 7.89. The fourth-order valence-electron chi connectivity index (χ4n) is 2.29. The van der Waals surface area contributed by atoms with Crippen LogP contribution in [0.2, 0.25) is 0 Å². The first-order chi connectivity index (χ1) is 7.88. The van der Waals surface area contributed by atoms with Crippen LogP contribution in [0, 0.1) is 17.8 Å². The van der Waals surface area contributed by atoms with E-state index in [2.05, 4.69) is 0 Å². The van der Waals surface area contributed by atoms with Gasteiger partial charge in [0.25, 0.3) is 0 Å². The third-order valence-corrected chi connectivity index (χ3v) is 4.44. The molecule has 1 aliphatic carbocycles. The maximum Gasteiger partial charge on any atom is 0.209 e. The molecule has 0 aromatic heterocycles. The van der Waals surface area contributed by atoms with Gasteiger partial charge in [0.15, 0.2) is 0 Å². The molecule has 0 amide bonds. The van der Waals surface area contributed by atoms with Crippen LogP contribution in [-0.4, -0.2) is 27.4 Å². The Hall–Kier alpha value is -0.130. The highest BCUT2D eigenvalue weighted by atomic mass is 32.2. The summed E-state index contributed by atoms with van der Waals surface area (Å²) < 4.78 is 27.8. The van der Waals surface area contributed by atoms with Gasteiger partial charge >= 0.3 is 0 Å². The van der Waals surface area contributed by atoms with Crippen molar-refractivity contribution in [1.29, 1.82) is 0 Å². The summed E-state index contributed by atoms with van der Waals surface area (Å²) in [5.41, 5.74) is 0. The van der Waals surface area contributed by atoms with Gasteiger partial charge in [-0.1, -0.05) is 26.7 Å². The van der Waals surface area contributed by atoms with Crippen molar-refractivity contribution in [3.63, 3.8) is 0 Å². The molecule has 0 saturated heterocycles. The number of rotatable bonds is 7. The first kappa shape index (κ1) is 14.9. The Kier molecular flexibility index (Phi) is 5.89. The third-order valence-electron chi connectivity index (χ3n) is 3.55. The zero-order chi connectivity index (χ0) is 12.9. The van der Waals surface area contributed by atoms with Crippen molar-refractivity contribution >= 4 is 10.0 Å². The summed E-state index contributed by atoms with van der Waals surface area (Å²) in [6, 6.07) is 0. The van der Waals surface area contributed by atoms with E-state index in [1.807, 2.05) is 13.8 Å². The van der Waals surface area contributed by atoms with Gasteiger partial charge in [-0.3, -0.25) is 0 Å². The molecule has 0 spiro atoms. The summed E-state index contributed by atoms with van der Waals surface area (Å²) >= 11 is 0. The number of ether oxygens (including phenoxy) is 1. The molecule has 0 aromatic carbocycles. The topological polar surface area (TPSA) is 69.4 Å².